The number of sulfonamides is 1. The summed E-state index contributed by atoms with van der Waals surface area (Å²) < 4.78 is 31.9. The molecule has 0 saturated heterocycles. The van der Waals surface area contributed by atoms with Gasteiger partial charge in [-0.1, -0.05) is 0 Å². The molecule has 0 bridgehead atoms. The maximum absolute atomic E-state index is 12.1. The van der Waals surface area contributed by atoms with Gasteiger partial charge < -0.3 is 10.2 Å². The number of hydrogen-bond acceptors (Lipinski definition) is 6. The van der Waals surface area contributed by atoms with E-state index < -0.39 is 10.0 Å². The lowest BCUT2D eigenvalue weighted by Crippen LogP contribution is -2.26. The van der Waals surface area contributed by atoms with Crippen molar-refractivity contribution in [1.29, 1.82) is 0 Å². The molecule has 0 aromatic carbocycles. The Morgan fingerprint density at radius 1 is 1.53 bits per heavy atom. The zero-order valence-electron chi connectivity index (χ0n) is 9.80. The molecule has 0 fully saturated rings. The Hall–Kier alpha value is -0.740. The first kappa shape index (κ1) is 14.7. The van der Waals surface area contributed by atoms with Gasteiger partial charge in [0.25, 0.3) is 0 Å². The predicted molar refractivity (Wildman–Crippen MR) is 75.3 cm³/mol. The summed E-state index contributed by atoms with van der Waals surface area (Å²) in [5.74, 6) is 0.409. The molecule has 0 saturated carbocycles. The maximum Gasteiger partial charge on any atom is 0.244 e. The van der Waals surface area contributed by atoms with Crippen LogP contribution in [-0.4, -0.2) is 19.9 Å². The van der Waals surface area contributed by atoms with Crippen molar-refractivity contribution in [2.45, 2.75) is 17.9 Å². The van der Waals surface area contributed by atoms with Crippen LogP contribution >= 0.6 is 27.3 Å². The number of halogens is 1. The summed E-state index contributed by atoms with van der Waals surface area (Å²) >= 11 is 4.55. The molecule has 2 aromatic heterocycles. The van der Waals surface area contributed by atoms with Crippen LogP contribution in [0.5, 0.6) is 0 Å². The molecule has 2 rings (SSSR count). The maximum atomic E-state index is 12.1. The van der Waals surface area contributed by atoms with E-state index in [9.17, 15) is 8.42 Å². The van der Waals surface area contributed by atoms with Gasteiger partial charge in [0.15, 0.2) is 4.67 Å². The van der Waals surface area contributed by atoms with E-state index in [1.54, 1.807) is 5.51 Å². The van der Waals surface area contributed by atoms with Gasteiger partial charge in [0, 0.05) is 24.4 Å². The van der Waals surface area contributed by atoms with Gasteiger partial charge in [-0.15, -0.1) is 11.3 Å². The van der Waals surface area contributed by atoms with E-state index >= 15 is 0 Å². The zero-order valence-corrected chi connectivity index (χ0v) is 13.0. The second-order valence-corrected chi connectivity index (χ2v) is 6.86. The summed E-state index contributed by atoms with van der Waals surface area (Å²) in [7, 11) is -3.60. The van der Waals surface area contributed by atoms with Gasteiger partial charge in [-0.25, -0.2) is 18.1 Å². The first-order chi connectivity index (χ1) is 9.03. The smallest absolute Gasteiger partial charge is 0.244 e. The normalized spacial score (nSPS) is 11.9. The van der Waals surface area contributed by atoms with Crippen LogP contribution in [0.1, 0.15) is 11.5 Å². The molecular weight excluding hydrogens is 354 g/mol. The Labute approximate surface area is 123 Å². The number of aromatic nitrogens is 1. The Bertz CT molecular complexity index is 637. The van der Waals surface area contributed by atoms with Gasteiger partial charge in [-0.3, -0.25) is 0 Å². The van der Waals surface area contributed by atoms with Crippen LogP contribution < -0.4 is 10.5 Å². The second kappa shape index (κ2) is 6.14. The van der Waals surface area contributed by atoms with Crippen LogP contribution in [0.25, 0.3) is 0 Å². The number of rotatable bonds is 6. The fourth-order valence-corrected chi connectivity index (χ4v) is 4.05. The Morgan fingerprint density at radius 3 is 2.89 bits per heavy atom. The third kappa shape index (κ3) is 3.63. The molecule has 0 radical (unpaired) electrons. The van der Waals surface area contributed by atoms with Gasteiger partial charge in [0.1, 0.15) is 10.7 Å². The van der Waals surface area contributed by atoms with Crippen LogP contribution in [0, 0.1) is 0 Å². The first-order valence-electron chi connectivity index (χ1n) is 5.38. The van der Waals surface area contributed by atoms with E-state index in [0.29, 0.717) is 12.2 Å². The van der Waals surface area contributed by atoms with Crippen molar-refractivity contribution in [3.63, 3.8) is 0 Å². The number of nitrogens with two attached hydrogens (primary N) is 1. The summed E-state index contributed by atoms with van der Waals surface area (Å²) in [6, 6.07) is 1.41. The van der Waals surface area contributed by atoms with Crippen molar-refractivity contribution >= 4 is 37.3 Å². The molecule has 19 heavy (non-hydrogen) atoms. The van der Waals surface area contributed by atoms with E-state index in [1.165, 1.54) is 17.4 Å². The Morgan fingerprint density at radius 2 is 2.32 bits per heavy atom. The number of furan rings is 1. The van der Waals surface area contributed by atoms with Crippen molar-refractivity contribution < 1.29 is 12.8 Å². The minimum absolute atomic E-state index is 0.0613. The number of nitrogens with one attached hydrogen (secondary N) is 1. The number of thiazole rings is 1. The Kier molecular flexibility index (Phi) is 4.74. The van der Waals surface area contributed by atoms with Crippen LogP contribution in [0.15, 0.2) is 30.9 Å². The average Bonchev–Trinajstić information content (AvgIpc) is 2.98. The lowest BCUT2D eigenvalue weighted by molar-refractivity contribution is 0.483. The average molecular weight is 366 g/mol. The molecule has 3 N–H and O–H groups in total. The lowest BCUT2D eigenvalue weighted by atomic mass is 10.3. The third-order valence-corrected chi connectivity index (χ3v) is 5.31. The molecule has 2 heterocycles. The predicted octanol–water partition coefficient (Wildman–Crippen LogP) is 1.48. The number of hydrogen-bond donors (Lipinski definition) is 2. The highest BCUT2D eigenvalue weighted by molar-refractivity contribution is 9.10. The van der Waals surface area contributed by atoms with Crippen molar-refractivity contribution in [3.05, 3.63) is 33.1 Å². The molecule has 104 valence electrons. The van der Waals surface area contributed by atoms with Gasteiger partial charge in [-0.2, -0.15) is 0 Å². The van der Waals surface area contributed by atoms with Crippen LogP contribution in [0.3, 0.4) is 0 Å². The van der Waals surface area contributed by atoms with Crippen molar-refractivity contribution in [2.75, 3.05) is 6.54 Å². The lowest BCUT2D eigenvalue weighted by Gasteiger charge is -2.03. The molecule has 0 aliphatic heterocycles. The summed E-state index contributed by atoms with van der Waals surface area (Å²) in [5.41, 5.74) is 7.98. The summed E-state index contributed by atoms with van der Waals surface area (Å²) in [5, 5.41) is 1.88. The van der Waals surface area contributed by atoms with E-state index in [0.717, 1.165) is 5.69 Å². The highest BCUT2D eigenvalue weighted by Gasteiger charge is 2.21. The summed E-state index contributed by atoms with van der Waals surface area (Å²) in [6.45, 7) is 0.425. The molecule has 0 spiro atoms. The quantitative estimate of drug-likeness (QED) is 0.807. The molecule has 0 amide bonds. The van der Waals surface area contributed by atoms with Crippen LogP contribution in [-0.2, 0) is 23.0 Å². The van der Waals surface area contributed by atoms with Gasteiger partial charge in [-0.05, 0) is 15.9 Å². The van der Waals surface area contributed by atoms with Crippen molar-refractivity contribution in [3.8, 4) is 0 Å². The minimum Gasteiger partial charge on any atom is -0.452 e. The summed E-state index contributed by atoms with van der Waals surface area (Å²) in [4.78, 5) is 4.14. The molecular formula is C10H12BrN3O3S2. The summed E-state index contributed by atoms with van der Waals surface area (Å²) in [6.07, 6.45) is 0.544. The topological polar surface area (TPSA) is 98.2 Å². The van der Waals surface area contributed by atoms with E-state index in [4.69, 9.17) is 10.2 Å². The second-order valence-electron chi connectivity index (χ2n) is 3.68. The van der Waals surface area contributed by atoms with Crippen molar-refractivity contribution in [2.24, 2.45) is 5.73 Å². The highest BCUT2D eigenvalue weighted by atomic mass is 79.9. The van der Waals surface area contributed by atoms with Crippen molar-refractivity contribution in [1.82, 2.24) is 9.71 Å². The highest BCUT2D eigenvalue weighted by Crippen LogP contribution is 2.25. The molecule has 0 atom stereocenters. The largest absolute Gasteiger partial charge is 0.452 e. The van der Waals surface area contributed by atoms with E-state index in [1.807, 2.05) is 5.38 Å². The Balaban J connectivity index is 2.03. The fraction of sp³-hybridized carbons (Fsp3) is 0.300. The fourth-order valence-electron chi connectivity index (χ4n) is 1.43. The van der Waals surface area contributed by atoms with E-state index in [2.05, 4.69) is 25.6 Å². The molecule has 6 nitrogen and oxygen atoms in total. The first-order valence-corrected chi connectivity index (χ1v) is 8.60. The standard InChI is InChI=1S/C10H12BrN3O3S2/c11-10-9(3-8(4-12)17-10)19(15,16)14-2-1-7-5-18-6-13-7/h3,5-6,14H,1-2,4,12H2. The zero-order chi connectivity index (χ0) is 13.9. The third-order valence-electron chi connectivity index (χ3n) is 2.35. The number of nitrogens with zero attached hydrogens (tertiary/aromatic N) is 1. The molecule has 0 aliphatic rings. The molecule has 0 unspecified atom stereocenters. The van der Waals surface area contributed by atoms with Gasteiger partial charge >= 0.3 is 0 Å². The monoisotopic (exact) mass is 365 g/mol. The van der Waals surface area contributed by atoms with Gasteiger partial charge in [0.2, 0.25) is 10.0 Å². The molecule has 0 aliphatic carbocycles. The molecule has 9 heteroatoms. The SMILES string of the molecule is NCc1cc(S(=O)(=O)NCCc2cscn2)c(Br)o1. The molecule has 2 aromatic rings. The van der Waals surface area contributed by atoms with Crippen LogP contribution in [0.4, 0.5) is 0 Å². The minimum atomic E-state index is -3.60. The van der Waals surface area contributed by atoms with Gasteiger partial charge in [0.05, 0.1) is 17.7 Å². The van der Waals surface area contributed by atoms with Crippen LogP contribution in [0.2, 0.25) is 0 Å². The van der Waals surface area contributed by atoms with E-state index in [-0.39, 0.29) is 22.7 Å².